The third-order valence-corrected chi connectivity index (χ3v) is 5.89. The number of amides is 2. The molecule has 0 unspecified atom stereocenters. The van der Waals surface area contributed by atoms with E-state index in [1.54, 1.807) is 25.9 Å². The molecule has 2 N–H and O–H groups in total. The highest BCUT2D eigenvalue weighted by atomic mass is 16.5. The van der Waals surface area contributed by atoms with Crippen molar-refractivity contribution in [1.82, 2.24) is 30.6 Å². The van der Waals surface area contributed by atoms with Crippen molar-refractivity contribution in [3.8, 4) is 0 Å². The Hall–Kier alpha value is -2.79. The molecule has 0 aliphatic carbocycles. The molecule has 0 aromatic carbocycles. The van der Waals surface area contributed by atoms with E-state index in [0.29, 0.717) is 62.0 Å². The third kappa shape index (κ3) is 4.47. The standard InChI is InChI=1S/C20H28N6O5/c1-11-15(10-29-3)17(25-31-11)20(28)26-9-14(8-16(26)18-21-12(2)23-24-18)22-19(27)13-4-6-30-7-5-13/h13-14,16H,4-10H2,1-3H3,(H,22,27)(H,21,23,24)/t14-,16-/m0/s1. The number of H-pyrrole nitrogens is 1. The van der Waals surface area contributed by atoms with Crippen LogP contribution in [0.3, 0.4) is 0 Å². The smallest absolute Gasteiger partial charge is 0.277 e. The lowest BCUT2D eigenvalue weighted by Crippen LogP contribution is -2.42. The summed E-state index contributed by atoms with van der Waals surface area (Å²) in [5, 5.41) is 14.2. The van der Waals surface area contributed by atoms with E-state index >= 15 is 0 Å². The monoisotopic (exact) mass is 432 g/mol. The predicted molar refractivity (Wildman–Crippen MR) is 107 cm³/mol. The number of carbonyl (C=O) groups excluding carboxylic acids is 2. The molecular formula is C20H28N6O5. The van der Waals surface area contributed by atoms with Crippen molar-refractivity contribution in [2.75, 3.05) is 26.9 Å². The molecule has 2 fully saturated rings. The fraction of sp³-hybridized carbons (Fsp3) is 0.650. The molecule has 4 heterocycles. The summed E-state index contributed by atoms with van der Waals surface area (Å²) >= 11 is 0. The van der Waals surface area contributed by atoms with Crippen LogP contribution in [0.1, 0.15) is 58.8 Å². The van der Waals surface area contributed by atoms with Gasteiger partial charge in [0.15, 0.2) is 11.5 Å². The van der Waals surface area contributed by atoms with E-state index in [1.165, 1.54) is 0 Å². The van der Waals surface area contributed by atoms with Gasteiger partial charge in [0, 0.05) is 38.8 Å². The second kappa shape index (κ2) is 9.15. The van der Waals surface area contributed by atoms with Crippen LogP contribution in [0.4, 0.5) is 0 Å². The molecule has 0 bridgehead atoms. The SMILES string of the molecule is COCc1c(C(=O)N2C[C@@H](NC(=O)C3CCOCC3)C[C@H]2c2n[nH]c(C)n2)noc1C. The van der Waals surface area contributed by atoms with Crippen LogP contribution in [0.2, 0.25) is 0 Å². The van der Waals surface area contributed by atoms with Gasteiger partial charge >= 0.3 is 0 Å². The van der Waals surface area contributed by atoms with Gasteiger partial charge in [-0.3, -0.25) is 14.7 Å². The van der Waals surface area contributed by atoms with Gasteiger partial charge in [-0.05, 0) is 33.1 Å². The summed E-state index contributed by atoms with van der Waals surface area (Å²) < 4.78 is 15.8. The van der Waals surface area contributed by atoms with Crippen LogP contribution < -0.4 is 5.32 Å². The average molecular weight is 432 g/mol. The van der Waals surface area contributed by atoms with Crippen LogP contribution in [0, 0.1) is 19.8 Å². The van der Waals surface area contributed by atoms with E-state index in [9.17, 15) is 9.59 Å². The average Bonchev–Trinajstić information content (AvgIpc) is 3.48. The first kappa shape index (κ1) is 21.4. The molecular weight excluding hydrogens is 404 g/mol. The van der Waals surface area contributed by atoms with Gasteiger partial charge in [0.05, 0.1) is 18.2 Å². The van der Waals surface area contributed by atoms with Crippen molar-refractivity contribution in [2.45, 2.75) is 51.8 Å². The van der Waals surface area contributed by atoms with Crippen molar-refractivity contribution in [2.24, 2.45) is 5.92 Å². The molecule has 2 aliphatic heterocycles. The summed E-state index contributed by atoms with van der Waals surface area (Å²) in [4.78, 5) is 32.3. The van der Waals surface area contributed by atoms with E-state index in [0.717, 1.165) is 0 Å². The summed E-state index contributed by atoms with van der Waals surface area (Å²) in [5.74, 6) is 1.37. The number of hydrogen-bond donors (Lipinski definition) is 2. The molecule has 0 radical (unpaired) electrons. The number of methoxy groups -OCH3 is 1. The third-order valence-electron chi connectivity index (χ3n) is 5.89. The van der Waals surface area contributed by atoms with Gasteiger partial charge in [-0.15, -0.1) is 0 Å². The number of aryl methyl sites for hydroxylation is 2. The molecule has 2 aromatic heterocycles. The van der Waals surface area contributed by atoms with E-state index in [1.807, 2.05) is 0 Å². The van der Waals surface area contributed by atoms with Crippen LogP contribution in [-0.4, -0.2) is 70.0 Å². The Balaban J connectivity index is 1.55. The summed E-state index contributed by atoms with van der Waals surface area (Å²) in [6.45, 7) is 5.30. The minimum atomic E-state index is -0.384. The molecule has 2 amide bonds. The van der Waals surface area contributed by atoms with Gasteiger partial charge in [0.25, 0.3) is 5.91 Å². The maximum atomic E-state index is 13.4. The molecule has 0 spiro atoms. The van der Waals surface area contributed by atoms with Crippen LogP contribution in [0.5, 0.6) is 0 Å². The Labute approximate surface area is 179 Å². The molecule has 2 aliphatic rings. The maximum absolute atomic E-state index is 13.4. The summed E-state index contributed by atoms with van der Waals surface area (Å²) in [6, 6.07) is -0.591. The number of rotatable bonds is 6. The zero-order valence-corrected chi connectivity index (χ0v) is 18.0. The first-order valence-electron chi connectivity index (χ1n) is 10.5. The van der Waals surface area contributed by atoms with E-state index in [-0.39, 0.29) is 42.1 Å². The van der Waals surface area contributed by atoms with Crippen LogP contribution in [0.15, 0.2) is 4.52 Å². The first-order chi connectivity index (χ1) is 15.0. The number of hydrogen-bond acceptors (Lipinski definition) is 8. The highest BCUT2D eigenvalue weighted by Crippen LogP contribution is 2.33. The van der Waals surface area contributed by atoms with Crippen molar-refractivity contribution in [1.29, 1.82) is 0 Å². The molecule has 0 saturated carbocycles. The number of carbonyl (C=O) groups is 2. The van der Waals surface area contributed by atoms with Gasteiger partial charge in [-0.25, -0.2) is 4.98 Å². The minimum Gasteiger partial charge on any atom is -0.381 e. The fourth-order valence-corrected chi connectivity index (χ4v) is 4.21. The lowest BCUT2D eigenvalue weighted by atomic mass is 9.99. The van der Waals surface area contributed by atoms with Crippen LogP contribution in [-0.2, 0) is 20.9 Å². The quantitative estimate of drug-likeness (QED) is 0.692. The van der Waals surface area contributed by atoms with E-state index in [2.05, 4.69) is 25.7 Å². The Bertz CT molecular complexity index is 934. The largest absolute Gasteiger partial charge is 0.381 e. The van der Waals surface area contributed by atoms with Crippen molar-refractivity contribution in [3.63, 3.8) is 0 Å². The number of likely N-dealkylation sites (tertiary alicyclic amines) is 1. The van der Waals surface area contributed by atoms with Crippen LogP contribution in [0.25, 0.3) is 0 Å². The Kier molecular flexibility index (Phi) is 6.33. The topological polar surface area (TPSA) is 135 Å². The number of aromatic amines is 1. The molecule has 11 nitrogen and oxygen atoms in total. The highest BCUT2D eigenvalue weighted by Gasteiger charge is 2.41. The van der Waals surface area contributed by atoms with E-state index in [4.69, 9.17) is 14.0 Å². The van der Waals surface area contributed by atoms with Gasteiger partial charge in [-0.2, -0.15) is 5.10 Å². The summed E-state index contributed by atoms with van der Waals surface area (Å²) in [7, 11) is 1.55. The van der Waals surface area contributed by atoms with Crippen molar-refractivity contribution in [3.05, 3.63) is 28.7 Å². The highest BCUT2D eigenvalue weighted by molar-refractivity contribution is 5.94. The zero-order chi connectivity index (χ0) is 22.0. The Morgan fingerprint density at radius 3 is 2.74 bits per heavy atom. The summed E-state index contributed by atoms with van der Waals surface area (Å²) in [6.07, 6.45) is 1.95. The maximum Gasteiger partial charge on any atom is 0.277 e. The summed E-state index contributed by atoms with van der Waals surface area (Å²) in [5.41, 5.74) is 0.833. The second-order valence-corrected chi connectivity index (χ2v) is 8.08. The lowest BCUT2D eigenvalue weighted by molar-refractivity contribution is -0.128. The van der Waals surface area contributed by atoms with Gasteiger partial charge in [-0.1, -0.05) is 5.16 Å². The number of nitrogens with zero attached hydrogens (tertiary/aromatic N) is 4. The molecule has 168 valence electrons. The Morgan fingerprint density at radius 2 is 2.06 bits per heavy atom. The number of nitrogens with one attached hydrogen (secondary N) is 2. The molecule has 2 aromatic rings. The molecule has 4 rings (SSSR count). The predicted octanol–water partition coefficient (Wildman–Crippen LogP) is 1.05. The molecule has 2 atom stereocenters. The fourth-order valence-electron chi connectivity index (χ4n) is 4.21. The van der Waals surface area contributed by atoms with Gasteiger partial charge in [0.1, 0.15) is 11.6 Å². The van der Waals surface area contributed by atoms with Crippen molar-refractivity contribution >= 4 is 11.8 Å². The number of aromatic nitrogens is 4. The van der Waals surface area contributed by atoms with Gasteiger partial charge < -0.3 is 24.2 Å². The molecule has 2 saturated heterocycles. The second-order valence-electron chi connectivity index (χ2n) is 8.08. The Morgan fingerprint density at radius 1 is 1.29 bits per heavy atom. The molecule has 11 heteroatoms. The van der Waals surface area contributed by atoms with Gasteiger partial charge in [0.2, 0.25) is 5.91 Å². The van der Waals surface area contributed by atoms with E-state index < -0.39 is 0 Å². The normalized spacial score (nSPS) is 22.1. The lowest BCUT2D eigenvalue weighted by Gasteiger charge is -2.23. The van der Waals surface area contributed by atoms with Crippen molar-refractivity contribution < 1.29 is 23.6 Å². The number of ether oxygens (including phenoxy) is 2. The minimum absolute atomic E-state index is 0.00451. The van der Waals surface area contributed by atoms with Crippen LogP contribution >= 0.6 is 0 Å². The first-order valence-corrected chi connectivity index (χ1v) is 10.5. The molecule has 31 heavy (non-hydrogen) atoms. The zero-order valence-electron chi connectivity index (χ0n) is 18.0.